The summed E-state index contributed by atoms with van der Waals surface area (Å²) in [6.07, 6.45) is -0.852. The summed E-state index contributed by atoms with van der Waals surface area (Å²) in [5, 5.41) is 0. The average Bonchev–Trinajstić information content (AvgIpc) is 2.00. The van der Waals surface area contributed by atoms with Crippen molar-refractivity contribution in [2.45, 2.75) is 53.8 Å². The van der Waals surface area contributed by atoms with Gasteiger partial charge in [0, 0.05) is 6.92 Å². The van der Waals surface area contributed by atoms with E-state index in [-0.39, 0.29) is 11.9 Å². The van der Waals surface area contributed by atoms with E-state index in [1.165, 1.54) is 6.92 Å². The Kier molecular flexibility index (Phi) is 4.78. The smallest absolute Gasteiger partial charge is 0.311 e. The van der Waals surface area contributed by atoms with Crippen molar-refractivity contribution in [1.82, 2.24) is 0 Å². The summed E-state index contributed by atoms with van der Waals surface area (Å²) in [5.41, 5.74) is -0.537. The van der Waals surface area contributed by atoms with Gasteiger partial charge in [-0.2, -0.15) is 0 Å². The molecule has 0 rings (SSSR count). The molecule has 0 fully saturated rings. The first-order valence-corrected chi connectivity index (χ1v) is 5.03. The zero-order chi connectivity index (χ0) is 12.2. The van der Waals surface area contributed by atoms with Gasteiger partial charge in [0.25, 0.3) is 0 Å². The van der Waals surface area contributed by atoms with Crippen LogP contribution >= 0.6 is 0 Å². The maximum absolute atomic E-state index is 11.5. The van der Waals surface area contributed by atoms with Crippen LogP contribution in [-0.2, 0) is 19.1 Å². The van der Waals surface area contributed by atoms with Gasteiger partial charge in [0.15, 0.2) is 0 Å². The Labute approximate surface area is 90.9 Å². The van der Waals surface area contributed by atoms with Crippen LogP contribution < -0.4 is 0 Å². The highest BCUT2D eigenvalue weighted by molar-refractivity contribution is 5.75. The molecule has 0 radical (unpaired) electrons. The Morgan fingerprint density at radius 2 is 1.40 bits per heavy atom. The van der Waals surface area contributed by atoms with E-state index >= 15 is 0 Å². The molecule has 4 heteroatoms. The Hall–Kier alpha value is -1.06. The zero-order valence-corrected chi connectivity index (χ0v) is 10.3. The predicted octanol–water partition coefficient (Wildman–Crippen LogP) is 1.92. The van der Waals surface area contributed by atoms with Gasteiger partial charge >= 0.3 is 11.9 Å². The van der Waals surface area contributed by atoms with Gasteiger partial charge in [-0.3, -0.25) is 9.59 Å². The predicted molar refractivity (Wildman–Crippen MR) is 56.2 cm³/mol. The van der Waals surface area contributed by atoms with E-state index in [4.69, 9.17) is 9.47 Å². The molecule has 0 aromatic rings. The lowest BCUT2D eigenvalue weighted by molar-refractivity contribution is -0.170. The molecular weight excluding hydrogens is 196 g/mol. The van der Waals surface area contributed by atoms with Crippen molar-refractivity contribution in [2.24, 2.45) is 5.41 Å². The second kappa shape index (κ2) is 5.14. The van der Waals surface area contributed by atoms with Gasteiger partial charge in [0.2, 0.25) is 0 Å². The molecule has 2 atom stereocenters. The van der Waals surface area contributed by atoms with E-state index in [0.29, 0.717) is 0 Å². The molecule has 0 N–H and O–H groups in total. The minimum Gasteiger partial charge on any atom is -0.459 e. The molecule has 0 aliphatic carbocycles. The molecular formula is C11H20O4. The van der Waals surface area contributed by atoms with Crippen molar-refractivity contribution >= 4 is 11.9 Å². The van der Waals surface area contributed by atoms with E-state index in [0.717, 1.165) is 0 Å². The van der Waals surface area contributed by atoms with Crippen molar-refractivity contribution < 1.29 is 19.1 Å². The molecule has 0 saturated carbocycles. The Bertz CT molecular complexity index is 239. The van der Waals surface area contributed by atoms with Crippen LogP contribution in [0.1, 0.15) is 41.5 Å². The van der Waals surface area contributed by atoms with Crippen molar-refractivity contribution in [3.05, 3.63) is 0 Å². The van der Waals surface area contributed by atoms with Gasteiger partial charge in [0.05, 0.1) is 5.41 Å². The molecule has 0 saturated heterocycles. The van der Waals surface area contributed by atoms with Gasteiger partial charge in [0.1, 0.15) is 12.2 Å². The third-order valence-corrected chi connectivity index (χ3v) is 1.92. The molecule has 0 aromatic heterocycles. The second-order valence-corrected chi connectivity index (χ2v) is 4.67. The highest BCUT2D eigenvalue weighted by atomic mass is 16.6. The Morgan fingerprint density at radius 3 is 1.73 bits per heavy atom. The van der Waals surface area contributed by atoms with Crippen LogP contribution in [0, 0.1) is 5.41 Å². The van der Waals surface area contributed by atoms with Crippen LogP contribution in [0.4, 0.5) is 0 Å². The molecule has 0 aliphatic rings. The summed E-state index contributed by atoms with van der Waals surface area (Å²) in [6, 6.07) is 0. The lowest BCUT2D eigenvalue weighted by Crippen LogP contribution is -2.34. The molecule has 15 heavy (non-hydrogen) atoms. The quantitative estimate of drug-likeness (QED) is 0.676. The van der Waals surface area contributed by atoms with Crippen LogP contribution in [0.15, 0.2) is 0 Å². The fourth-order valence-electron chi connectivity index (χ4n) is 0.799. The molecule has 4 nitrogen and oxygen atoms in total. The van der Waals surface area contributed by atoms with Crippen LogP contribution in [0.25, 0.3) is 0 Å². The van der Waals surface area contributed by atoms with Crippen molar-refractivity contribution in [1.29, 1.82) is 0 Å². The fourth-order valence-corrected chi connectivity index (χ4v) is 0.799. The normalized spacial score (nSPS) is 15.3. The first kappa shape index (κ1) is 13.9. The van der Waals surface area contributed by atoms with Crippen LogP contribution in [0.5, 0.6) is 0 Å². The SMILES string of the molecule is CC(=O)OC(C)C(C)OC(=O)C(C)(C)C. The first-order chi connectivity index (χ1) is 6.64. The van der Waals surface area contributed by atoms with E-state index in [2.05, 4.69) is 0 Å². The molecule has 0 heterocycles. The minimum atomic E-state index is -0.537. The van der Waals surface area contributed by atoms with Gasteiger partial charge in [-0.15, -0.1) is 0 Å². The number of carbonyl (C=O) groups is 2. The lowest BCUT2D eigenvalue weighted by atomic mass is 9.97. The monoisotopic (exact) mass is 216 g/mol. The van der Waals surface area contributed by atoms with Crippen LogP contribution in [-0.4, -0.2) is 24.1 Å². The minimum absolute atomic E-state index is 0.297. The van der Waals surface area contributed by atoms with E-state index in [1.54, 1.807) is 34.6 Å². The Balaban J connectivity index is 4.19. The number of ether oxygens (including phenoxy) is 2. The summed E-state index contributed by atoms with van der Waals surface area (Å²) in [4.78, 5) is 22.2. The summed E-state index contributed by atoms with van der Waals surface area (Å²) >= 11 is 0. The maximum atomic E-state index is 11.5. The van der Waals surface area contributed by atoms with E-state index in [9.17, 15) is 9.59 Å². The Morgan fingerprint density at radius 1 is 1.00 bits per heavy atom. The fraction of sp³-hybridized carbons (Fsp3) is 0.818. The van der Waals surface area contributed by atoms with Crippen LogP contribution in [0.2, 0.25) is 0 Å². The molecule has 0 aromatic carbocycles. The highest BCUT2D eigenvalue weighted by Crippen LogP contribution is 2.17. The largest absolute Gasteiger partial charge is 0.459 e. The molecule has 88 valence electrons. The molecule has 0 aliphatic heterocycles. The summed E-state index contributed by atoms with van der Waals surface area (Å²) < 4.78 is 10.1. The zero-order valence-electron chi connectivity index (χ0n) is 10.3. The van der Waals surface area contributed by atoms with Gasteiger partial charge in [-0.1, -0.05) is 0 Å². The third kappa shape index (κ3) is 5.40. The van der Waals surface area contributed by atoms with Crippen LogP contribution in [0.3, 0.4) is 0 Å². The van der Waals surface area contributed by atoms with Gasteiger partial charge in [-0.05, 0) is 34.6 Å². The van der Waals surface area contributed by atoms with Gasteiger partial charge in [-0.25, -0.2) is 0 Å². The second-order valence-electron chi connectivity index (χ2n) is 4.67. The first-order valence-electron chi connectivity index (χ1n) is 5.03. The molecule has 0 spiro atoms. The lowest BCUT2D eigenvalue weighted by Gasteiger charge is -2.24. The van der Waals surface area contributed by atoms with Crippen molar-refractivity contribution in [3.8, 4) is 0 Å². The number of hydrogen-bond acceptors (Lipinski definition) is 4. The maximum Gasteiger partial charge on any atom is 0.311 e. The topological polar surface area (TPSA) is 52.6 Å². The van der Waals surface area contributed by atoms with Crippen molar-refractivity contribution in [2.75, 3.05) is 0 Å². The highest BCUT2D eigenvalue weighted by Gasteiger charge is 2.27. The molecule has 0 bridgehead atoms. The number of carbonyl (C=O) groups excluding carboxylic acids is 2. The number of rotatable bonds is 3. The standard InChI is InChI=1S/C11H20O4/c1-7(14-9(3)12)8(2)15-10(13)11(4,5)6/h7-8H,1-6H3. The number of esters is 2. The van der Waals surface area contributed by atoms with Gasteiger partial charge < -0.3 is 9.47 Å². The van der Waals surface area contributed by atoms with E-state index in [1.807, 2.05) is 0 Å². The summed E-state index contributed by atoms with van der Waals surface area (Å²) in [5.74, 6) is -0.671. The molecule has 0 amide bonds. The van der Waals surface area contributed by atoms with Crippen molar-refractivity contribution in [3.63, 3.8) is 0 Å². The summed E-state index contributed by atoms with van der Waals surface area (Å²) in [7, 11) is 0. The third-order valence-electron chi connectivity index (χ3n) is 1.92. The molecule has 2 unspecified atom stereocenters. The average molecular weight is 216 g/mol. The van der Waals surface area contributed by atoms with E-state index < -0.39 is 17.6 Å². The number of hydrogen-bond donors (Lipinski definition) is 0. The summed E-state index contributed by atoms with van der Waals surface area (Å²) in [6.45, 7) is 10.1.